The van der Waals surface area contributed by atoms with Crippen molar-refractivity contribution in [2.24, 2.45) is 0 Å². The molecule has 1 saturated heterocycles. The third-order valence-corrected chi connectivity index (χ3v) is 3.47. The van der Waals surface area contributed by atoms with E-state index in [2.05, 4.69) is 5.16 Å². The van der Waals surface area contributed by atoms with Crippen molar-refractivity contribution in [3.05, 3.63) is 23.3 Å². The summed E-state index contributed by atoms with van der Waals surface area (Å²) in [6, 6.07) is 0.269. The topological polar surface area (TPSA) is 92.9 Å². The van der Waals surface area contributed by atoms with E-state index >= 15 is 0 Å². The van der Waals surface area contributed by atoms with Crippen LogP contribution >= 0.6 is 0 Å². The van der Waals surface area contributed by atoms with E-state index in [0.717, 1.165) is 11.0 Å². The van der Waals surface area contributed by atoms with Crippen molar-refractivity contribution >= 4 is 29.2 Å². The van der Waals surface area contributed by atoms with Crippen LogP contribution in [0.1, 0.15) is 17.3 Å². The Bertz CT molecular complexity index is 773. The van der Waals surface area contributed by atoms with Gasteiger partial charge in [0.1, 0.15) is 12.6 Å². The number of aliphatic hydroxyl groups is 1. The number of halogens is 2. The van der Waals surface area contributed by atoms with Crippen molar-refractivity contribution in [1.29, 1.82) is 0 Å². The van der Waals surface area contributed by atoms with Gasteiger partial charge in [-0.15, -0.1) is 0 Å². The molecule has 2 heterocycles. The molecule has 1 aliphatic heterocycles. The highest BCUT2D eigenvalue weighted by molar-refractivity contribution is 6.01. The Morgan fingerprint density at radius 2 is 2.23 bits per heavy atom. The molecular weight excluding hydrogens is 302 g/mol. The van der Waals surface area contributed by atoms with Gasteiger partial charge in [0.2, 0.25) is 11.4 Å². The molecule has 0 spiro atoms. The lowest BCUT2D eigenvalue weighted by Crippen LogP contribution is -2.41. The van der Waals surface area contributed by atoms with Crippen LogP contribution in [0.3, 0.4) is 0 Å². The summed E-state index contributed by atoms with van der Waals surface area (Å²) < 4.78 is 37.0. The largest absolute Gasteiger partial charge is 0.447 e. The van der Waals surface area contributed by atoms with Gasteiger partial charge in [0.15, 0.2) is 17.9 Å². The molecule has 1 aromatic heterocycles. The smallest absolute Gasteiger partial charge is 0.416 e. The average Bonchev–Trinajstić information content (AvgIpc) is 3.05. The minimum atomic E-state index is -1.38. The van der Waals surface area contributed by atoms with Gasteiger partial charge in [0, 0.05) is 0 Å². The van der Waals surface area contributed by atoms with Crippen LogP contribution in [0.15, 0.2) is 10.6 Å². The number of rotatable bonds is 3. The van der Waals surface area contributed by atoms with E-state index in [9.17, 15) is 23.5 Å². The second kappa shape index (κ2) is 5.02. The molecule has 3 rings (SSSR count). The number of aldehydes is 1. The van der Waals surface area contributed by atoms with Crippen LogP contribution in [0, 0.1) is 11.6 Å². The SMILES string of the molecule is C[C@@H](O)C1COC(=O)N1c1noc2c(F)c(F)c(C=O)cc12. The number of hydrogen-bond acceptors (Lipinski definition) is 6. The van der Waals surface area contributed by atoms with Gasteiger partial charge < -0.3 is 14.4 Å². The molecule has 9 heteroatoms. The van der Waals surface area contributed by atoms with Crippen molar-refractivity contribution in [1.82, 2.24) is 5.16 Å². The van der Waals surface area contributed by atoms with Crippen LogP contribution in [0.2, 0.25) is 0 Å². The summed E-state index contributed by atoms with van der Waals surface area (Å²) in [7, 11) is 0. The lowest BCUT2D eigenvalue weighted by Gasteiger charge is -2.20. The minimum Gasteiger partial charge on any atom is -0.447 e. The van der Waals surface area contributed by atoms with Crippen LogP contribution in [-0.2, 0) is 4.74 Å². The van der Waals surface area contributed by atoms with Crippen LogP contribution < -0.4 is 4.90 Å². The highest BCUT2D eigenvalue weighted by Gasteiger charge is 2.40. The fraction of sp³-hybridized carbons (Fsp3) is 0.308. The fourth-order valence-corrected chi connectivity index (χ4v) is 2.32. The lowest BCUT2D eigenvalue weighted by molar-refractivity contribution is 0.111. The molecule has 1 N–H and O–H groups in total. The highest BCUT2D eigenvalue weighted by Crippen LogP contribution is 2.34. The maximum atomic E-state index is 13.8. The monoisotopic (exact) mass is 312 g/mol. The molecule has 116 valence electrons. The van der Waals surface area contributed by atoms with E-state index in [4.69, 9.17) is 9.26 Å². The van der Waals surface area contributed by atoms with Crippen molar-refractivity contribution < 1.29 is 32.7 Å². The molecule has 7 nitrogen and oxygen atoms in total. The molecule has 2 atom stereocenters. The summed E-state index contributed by atoms with van der Waals surface area (Å²) in [5.41, 5.74) is -1.06. The molecule has 1 unspecified atom stereocenters. The molecule has 1 aromatic carbocycles. The van der Waals surface area contributed by atoms with Gasteiger partial charge in [-0.25, -0.2) is 14.1 Å². The van der Waals surface area contributed by atoms with Gasteiger partial charge in [-0.1, -0.05) is 5.16 Å². The number of nitrogens with zero attached hydrogens (tertiary/aromatic N) is 2. The van der Waals surface area contributed by atoms with E-state index in [1.54, 1.807) is 0 Å². The molecule has 1 aliphatic rings. The zero-order valence-electron chi connectivity index (χ0n) is 11.2. The van der Waals surface area contributed by atoms with Gasteiger partial charge in [-0.3, -0.25) is 4.79 Å². The summed E-state index contributed by atoms with van der Waals surface area (Å²) in [6.45, 7) is 1.36. The maximum Gasteiger partial charge on any atom is 0.416 e. The second-order valence-electron chi connectivity index (χ2n) is 4.85. The third-order valence-electron chi connectivity index (χ3n) is 3.47. The summed E-state index contributed by atoms with van der Waals surface area (Å²) in [5.74, 6) is -2.88. The first-order chi connectivity index (χ1) is 10.5. The molecule has 0 radical (unpaired) electrons. The first-order valence-corrected chi connectivity index (χ1v) is 6.32. The highest BCUT2D eigenvalue weighted by atomic mass is 19.2. The summed E-state index contributed by atoms with van der Waals surface area (Å²) in [6.07, 6.45) is -1.61. The number of benzene rings is 1. The van der Waals surface area contributed by atoms with Gasteiger partial charge >= 0.3 is 6.09 Å². The van der Waals surface area contributed by atoms with E-state index in [1.165, 1.54) is 6.92 Å². The number of aromatic nitrogens is 1. The number of carbonyl (C=O) groups excluding carboxylic acids is 2. The Kier molecular flexibility index (Phi) is 3.28. The summed E-state index contributed by atoms with van der Waals surface area (Å²) in [4.78, 5) is 23.6. The molecule has 1 amide bonds. The summed E-state index contributed by atoms with van der Waals surface area (Å²) >= 11 is 0. The minimum absolute atomic E-state index is 0.0644. The van der Waals surface area contributed by atoms with Gasteiger partial charge in [0.05, 0.1) is 17.1 Å². The first kappa shape index (κ1) is 14.4. The standard InChI is InChI=1S/C13H10F2N2O5/c1-5(19)8-4-21-13(20)17(8)12-7-2-6(3-18)9(14)10(15)11(7)22-16-12/h2-3,5,8,19H,4H2,1H3/t5-,8?/m1/s1. The number of ether oxygens (including phenoxy) is 1. The Morgan fingerprint density at radius 1 is 1.50 bits per heavy atom. The second-order valence-corrected chi connectivity index (χ2v) is 4.85. The third kappa shape index (κ3) is 1.93. The molecule has 0 bridgehead atoms. The number of aliphatic hydroxyl groups excluding tert-OH is 1. The fourth-order valence-electron chi connectivity index (χ4n) is 2.32. The van der Waals surface area contributed by atoms with E-state index in [-0.39, 0.29) is 24.1 Å². The average molecular weight is 312 g/mol. The molecule has 0 saturated carbocycles. The van der Waals surface area contributed by atoms with Gasteiger partial charge in [-0.05, 0) is 13.0 Å². The number of carbonyl (C=O) groups is 2. The first-order valence-electron chi connectivity index (χ1n) is 6.32. The zero-order chi connectivity index (χ0) is 16.0. The number of fused-ring (bicyclic) bond motifs is 1. The van der Waals surface area contributed by atoms with E-state index in [0.29, 0.717) is 0 Å². The molecule has 0 aliphatic carbocycles. The van der Waals surface area contributed by atoms with Crippen LogP contribution in [0.5, 0.6) is 0 Å². The maximum absolute atomic E-state index is 13.8. The predicted octanol–water partition coefficient (Wildman–Crippen LogP) is 1.62. The number of hydrogen-bond donors (Lipinski definition) is 1. The Labute approximate surface area is 122 Å². The van der Waals surface area contributed by atoms with E-state index < -0.39 is 41.0 Å². The predicted molar refractivity (Wildman–Crippen MR) is 68.6 cm³/mol. The Hall–Kier alpha value is -2.55. The van der Waals surface area contributed by atoms with Gasteiger partial charge in [-0.2, -0.15) is 4.39 Å². The Morgan fingerprint density at radius 3 is 2.86 bits per heavy atom. The van der Waals surface area contributed by atoms with Gasteiger partial charge in [0.25, 0.3) is 0 Å². The molecule has 1 fully saturated rings. The molecular formula is C13H10F2N2O5. The lowest BCUT2D eigenvalue weighted by atomic mass is 10.1. The van der Waals surface area contributed by atoms with Crippen molar-refractivity contribution in [3.63, 3.8) is 0 Å². The van der Waals surface area contributed by atoms with Crippen molar-refractivity contribution in [2.45, 2.75) is 19.1 Å². The number of amides is 1. The van der Waals surface area contributed by atoms with Crippen LogP contribution in [-0.4, -0.2) is 41.4 Å². The number of cyclic esters (lactones) is 1. The molecule has 2 aromatic rings. The normalized spacial score (nSPS) is 19.5. The molecule has 22 heavy (non-hydrogen) atoms. The van der Waals surface area contributed by atoms with Crippen LogP contribution in [0.25, 0.3) is 11.0 Å². The quantitative estimate of drug-likeness (QED) is 0.866. The number of anilines is 1. The zero-order valence-corrected chi connectivity index (χ0v) is 11.2. The van der Waals surface area contributed by atoms with Crippen molar-refractivity contribution in [2.75, 3.05) is 11.5 Å². The van der Waals surface area contributed by atoms with Crippen molar-refractivity contribution in [3.8, 4) is 0 Å². The van der Waals surface area contributed by atoms with E-state index in [1.807, 2.05) is 0 Å². The van der Waals surface area contributed by atoms with Crippen LogP contribution in [0.4, 0.5) is 19.4 Å². The summed E-state index contributed by atoms with van der Waals surface area (Å²) in [5, 5.41) is 13.2. The Balaban J connectivity index is 2.21.